The van der Waals surface area contributed by atoms with Crippen molar-refractivity contribution in [2.45, 2.75) is 13.5 Å². The molecule has 0 aliphatic rings. The topological polar surface area (TPSA) is 71.5 Å². The number of hydrogen-bond donors (Lipinski definition) is 2. The molecule has 0 aliphatic heterocycles. The first-order valence-electron chi connectivity index (χ1n) is 6.18. The molecule has 2 aromatic rings. The molecule has 0 fully saturated rings. The standard InChI is InChI=1S/C15H16N2O3/c1-10-8-11(15(18)19)6-7-13(10)16-9-12-4-3-5-14(17-12)20-2/h3-8,16H,9H2,1-2H3,(H,18,19). The fourth-order valence-corrected chi connectivity index (χ4v) is 1.85. The quantitative estimate of drug-likeness (QED) is 0.875. The van der Waals surface area contributed by atoms with Crippen LogP contribution in [0.2, 0.25) is 0 Å². The zero-order valence-corrected chi connectivity index (χ0v) is 11.4. The number of aromatic nitrogens is 1. The Labute approximate surface area is 117 Å². The molecule has 0 saturated carbocycles. The van der Waals surface area contributed by atoms with Crippen LogP contribution in [0.1, 0.15) is 21.6 Å². The number of pyridine rings is 1. The third-order valence-electron chi connectivity index (χ3n) is 2.92. The van der Waals surface area contributed by atoms with E-state index in [4.69, 9.17) is 9.84 Å². The van der Waals surface area contributed by atoms with Gasteiger partial charge in [0.15, 0.2) is 0 Å². The number of rotatable bonds is 5. The second kappa shape index (κ2) is 6.06. The second-order valence-corrected chi connectivity index (χ2v) is 4.36. The first-order chi connectivity index (χ1) is 9.60. The first kappa shape index (κ1) is 13.9. The van der Waals surface area contributed by atoms with Crippen LogP contribution in [-0.2, 0) is 6.54 Å². The average Bonchev–Trinajstić information content (AvgIpc) is 2.46. The zero-order valence-electron chi connectivity index (χ0n) is 11.4. The van der Waals surface area contributed by atoms with Crippen molar-refractivity contribution < 1.29 is 14.6 Å². The van der Waals surface area contributed by atoms with Crippen LogP contribution < -0.4 is 10.1 Å². The number of nitrogens with zero attached hydrogens (tertiary/aromatic N) is 1. The predicted octanol–water partition coefficient (Wildman–Crippen LogP) is 2.71. The predicted molar refractivity (Wildman–Crippen MR) is 76.3 cm³/mol. The fraction of sp³-hybridized carbons (Fsp3) is 0.200. The number of anilines is 1. The molecule has 0 saturated heterocycles. The molecule has 0 atom stereocenters. The van der Waals surface area contributed by atoms with E-state index in [-0.39, 0.29) is 5.56 Å². The number of aromatic carboxylic acids is 1. The monoisotopic (exact) mass is 272 g/mol. The molecule has 0 bridgehead atoms. The molecule has 5 nitrogen and oxygen atoms in total. The lowest BCUT2D eigenvalue weighted by Gasteiger charge is -2.10. The Balaban J connectivity index is 2.08. The van der Waals surface area contributed by atoms with Gasteiger partial charge in [-0.15, -0.1) is 0 Å². The van der Waals surface area contributed by atoms with Crippen molar-refractivity contribution in [3.05, 3.63) is 53.2 Å². The highest BCUT2D eigenvalue weighted by atomic mass is 16.5. The number of methoxy groups -OCH3 is 1. The number of carboxylic acid groups (broad SMARTS) is 1. The summed E-state index contributed by atoms with van der Waals surface area (Å²) in [7, 11) is 1.58. The minimum atomic E-state index is -0.922. The van der Waals surface area contributed by atoms with E-state index in [1.165, 1.54) is 0 Å². The molecule has 0 amide bonds. The molecule has 0 aliphatic carbocycles. The summed E-state index contributed by atoms with van der Waals surface area (Å²) in [5, 5.41) is 12.2. The Morgan fingerprint density at radius 2 is 2.15 bits per heavy atom. The highest BCUT2D eigenvalue weighted by Crippen LogP contribution is 2.17. The van der Waals surface area contributed by atoms with Crippen LogP contribution in [0, 0.1) is 6.92 Å². The molecular weight excluding hydrogens is 256 g/mol. The second-order valence-electron chi connectivity index (χ2n) is 4.36. The molecule has 0 unspecified atom stereocenters. The molecule has 104 valence electrons. The Morgan fingerprint density at radius 1 is 1.35 bits per heavy atom. The van der Waals surface area contributed by atoms with E-state index in [2.05, 4.69) is 10.3 Å². The number of aryl methyl sites for hydroxylation is 1. The lowest BCUT2D eigenvalue weighted by atomic mass is 10.1. The van der Waals surface area contributed by atoms with E-state index in [0.717, 1.165) is 16.9 Å². The van der Waals surface area contributed by atoms with E-state index >= 15 is 0 Å². The number of nitrogens with one attached hydrogen (secondary N) is 1. The van der Waals surface area contributed by atoms with E-state index in [1.54, 1.807) is 31.4 Å². The van der Waals surface area contributed by atoms with Crippen LogP contribution in [0.3, 0.4) is 0 Å². The van der Waals surface area contributed by atoms with Crippen LogP contribution in [0.5, 0.6) is 5.88 Å². The first-order valence-corrected chi connectivity index (χ1v) is 6.18. The van der Waals surface area contributed by atoms with Crippen molar-refractivity contribution in [2.75, 3.05) is 12.4 Å². The van der Waals surface area contributed by atoms with Gasteiger partial charge in [-0.05, 0) is 36.8 Å². The van der Waals surface area contributed by atoms with Crippen LogP contribution in [0.25, 0.3) is 0 Å². The number of carboxylic acids is 1. The molecule has 2 rings (SSSR count). The Kier molecular flexibility index (Phi) is 4.20. The van der Waals surface area contributed by atoms with Gasteiger partial charge in [0.2, 0.25) is 5.88 Å². The Bertz CT molecular complexity index is 626. The molecule has 1 aromatic carbocycles. The maximum absolute atomic E-state index is 10.9. The van der Waals surface area contributed by atoms with E-state index in [9.17, 15) is 4.79 Å². The summed E-state index contributed by atoms with van der Waals surface area (Å²) >= 11 is 0. The van der Waals surface area contributed by atoms with Crippen molar-refractivity contribution in [3.8, 4) is 5.88 Å². The highest BCUT2D eigenvalue weighted by molar-refractivity contribution is 5.88. The Hall–Kier alpha value is -2.56. The van der Waals surface area contributed by atoms with Crippen molar-refractivity contribution in [1.82, 2.24) is 4.98 Å². The molecule has 1 aromatic heterocycles. The summed E-state index contributed by atoms with van der Waals surface area (Å²) in [6, 6.07) is 10.6. The van der Waals surface area contributed by atoms with Crippen LogP contribution in [0.4, 0.5) is 5.69 Å². The van der Waals surface area contributed by atoms with Crippen molar-refractivity contribution in [3.63, 3.8) is 0 Å². The van der Waals surface area contributed by atoms with Gasteiger partial charge in [-0.3, -0.25) is 0 Å². The van der Waals surface area contributed by atoms with Crippen molar-refractivity contribution in [1.29, 1.82) is 0 Å². The number of hydrogen-bond acceptors (Lipinski definition) is 4. The molecule has 0 radical (unpaired) electrons. The molecule has 20 heavy (non-hydrogen) atoms. The normalized spacial score (nSPS) is 10.1. The van der Waals surface area contributed by atoms with Gasteiger partial charge in [0.05, 0.1) is 24.9 Å². The molecule has 2 N–H and O–H groups in total. The van der Waals surface area contributed by atoms with E-state index in [1.807, 2.05) is 19.1 Å². The van der Waals surface area contributed by atoms with Crippen LogP contribution in [-0.4, -0.2) is 23.2 Å². The van der Waals surface area contributed by atoms with Crippen molar-refractivity contribution in [2.24, 2.45) is 0 Å². The zero-order chi connectivity index (χ0) is 14.5. The van der Waals surface area contributed by atoms with Gasteiger partial charge in [0.1, 0.15) is 0 Å². The maximum Gasteiger partial charge on any atom is 0.335 e. The minimum absolute atomic E-state index is 0.285. The van der Waals surface area contributed by atoms with Crippen LogP contribution in [0.15, 0.2) is 36.4 Å². The molecule has 5 heteroatoms. The summed E-state index contributed by atoms with van der Waals surface area (Å²) in [4.78, 5) is 15.2. The van der Waals surface area contributed by atoms with Crippen LogP contribution >= 0.6 is 0 Å². The summed E-state index contributed by atoms with van der Waals surface area (Å²) in [6.07, 6.45) is 0. The summed E-state index contributed by atoms with van der Waals surface area (Å²) < 4.78 is 5.07. The van der Waals surface area contributed by atoms with E-state index in [0.29, 0.717) is 12.4 Å². The summed E-state index contributed by atoms with van der Waals surface area (Å²) in [5.41, 5.74) is 2.91. The Morgan fingerprint density at radius 3 is 2.80 bits per heavy atom. The molecule has 0 spiro atoms. The van der Waals surface area contributed by atoms with E-state index < -0.39 is 5.97 Å². The fourth-order valence-electron chi connectivity index (χ4n) is 1.85. The minimum Gasteiger partial charge on any atom is -0.481 e. The smallest absolute Gasteiger partial charge is 0.335 e. The lowest BCUT2D eigenvalue weighted by molar-refractivity contribution is 0.0697. The highest BCUT2D eigenvalue weighted by Gasteiger charge is 2.06. The van der Waals surface area contributed by atoms with Crippen molar-refractivity contribution >= 4 is 11.7 Å². The molecule has 1 heterocycles. The van der Waals surface area contributed by atoms with Gasteiger partial charge in [-0.2, -0.15) is 0 Å². The molecular formula is C15H16N2O3. The van der Waals surface area contributed by atoms with Gasteiger partial charge in [0.25, 0.3) is 0 Å². The summed E-state index contributed by atoms with van der Waals surface area (Å²) in [5.74, 6) is -0.351. The SMILES string of the molecule is COc1cccc(CNc2ccc(C(=O)O)cc2C)n1. The van der Waals surface area contributed by atoms with Gasteiger partial charge in [-0.25, -0.2) is 9.78 Å². The van der Waals surface area contributed by atoms with Gasteiger partial charge >= 0.3 is 5.97 Å². The number of benzene rings is 1. The summed E-state index contributed by atoms with van der Waals surface area (Å²) in [6.45, 7) is 2.41. The third kappa shape index (κ3) is 3.26. The maximum atomic E-state index is 10.9. The number of carbonyl (C=O) groups is 1. The van der Waals surface area contributed by atoms with Gasteiger partial charge in [-0.1, -0.05) is 6.07 Å². The van der Waals surface area contributed by atoms with Gasteiger partial charge < -0.3 is 15.2 Å². The number of ether oxygens (including phenoxy) is 1. The average molecular weight is 272 g/mol. The van der Waals surface area contributed by atoms with Gasteiger partial charge in [0, 0.05) is 11.8 Å². The lowest BCUT2D eigenvalue weighted by Crippen LogP contribution is -2.05. The third-order valence-corrected chi connectivity index (χ3v) is 2.92. The largest absolute Gasteiger partial charge is 0.481 e.